The molecule has 0 unspecified atom stereocenters. The number of aryl methyl sites for hydroxylation is 1. The van der Waals surface area contributed by atoms with Crippen LogP contribution in [-0.4, -0.2) is 17.4 Å². The average Bonchev–Trinajstić information content (AvgIpc) is 2.21. The molecule has 5 heteroatoms. The fraction of sp³-hybridized carbons (Fsp3) is 0.333. The van der Waals surface area contributed by atoms with Crippen molar-refractivity contribution in [3.05, 3.63) is 29.3 Å². The quantitative estimate of drug-likeness (QED) is 0.488. The number of nitrogens with one attached hydrogen (secondary N) is 1. The van der Waals surface area contributed by atoms with Crippen LogP contribution in [-0.2, 0) is 0 Å². The molecule has 1 aromatic rings. The Morgan fingerprint density at radius 3 is 2.76 bits per heavy atom. The monoisotopic (exact) mass is 251 g/mol. The number of nitrogens with zero attached hydrogens (tertiary/aromatic N) is 1. The van der Waals surface area contributed by atoms with Gasteiger partial charge in [-0.25, -0.2) is 0 Å². The molecule has 0 saturated heterocycles. The third-order valence-electron chi connectivity index (χ3n) is 1.95. The first-order chi connectivity index (χ1) is 7.99. The molecule has 1 aromatic carbocycles. The van der Waals surface area contributed by atoms with E-state index in [9.17, 15) is 0 Å². The highest BCUT2D eigenvalue weighted by Crippen LogP contribution is 2.19. The fourth-order valence-electron chi connectivity index (χ4n) is 1.31. The van der Waals surface area contributed by atoms with Gasteiger partial charge in [0.2, 0.25) is 0 Å². The Kier molecular flexibility index (Phi) is 4.90. The standard InChI is InChI=1S/C12H17N3OS/c1-8(2)16-11-5-4-10(6-9(11)3)7-14-15-12(13)17/h4-8H,1-3H3,(H3,13,15,17). The van der Waals surface area contributed by atoms with Gasteiger partial charge in [0.05, 0.1) is 12.3 Å². The number of ether oxygens (including phenoxy) is 1. The molecule has 0 aromatic heterocycles. The van der Waals surface area contributed by atoms with Gasteiger partial charge in [-0.3, -0.25) is 5.43 Å². The largest absolute Gasteiger partial charge is 0.491 e. The Bertz CT molecular complexity index is 430. The van der Waals surface area contributed by atoms with E-state index in [-0.39, 0.29) is 11.2 Å². The molecule has 0 saturated carbocycles. The smallest absolute Gasteiger partial charge is 0.184 e. The Morgan fingerprint density at radius 1 is 1.53 bits per heavy atom. The number of hydrogen-bond donors (Lipinski definition) is 2. The highest BCUT2D eigenvalue weighted by Gasteiger charge is 2.02. The maximum atomic E-state index is 5.64. The number of benzene rings is 1. The van der Waals surface area contributed by atoms with Gasteiger partial charge in [0.15, 0.2) is 5.11 Å². The molecule has 0 spiro atoms. The molecule has 92 valence electrons. The number of thiocarbonyl (C=S) groups is 1. The van der Waals surface area contributed by atoms with Crippen LogP contribution in [0, 0.1) is 6.92 Å². The molecule has 0 amide bonds. The van der Waals surface area contributed by atoms with E-state index in [0.29, 0.717) is 0 Å². The zero-order valence-electron chi connectivity index (χ0n) is 10.2. The third kappa shape index (κ3) is 4.82. The van der Waals surface area contributed by atoms with Crippen molar-refractivity contribution in [3.63, 3.8) is 0 Å². The second-order valence-electron chi connectivity index (χ2n) is 3.93. The molecular weight excluding hydrogens is 234 g/mol. The van der Waals surface area contributed by atoms with E-state index in [2.05, 4.69) is 22.7 Å². The molecule has 0 bridgehead atoms. The molecule has 1 rings (SSSR count). The van der Waals surface area contributed by atoms with Crippen molar-refractivity contribution in [1.82, 2.24) is 5.43 Å². The van der Waals surface area contributed by atoms with Gasteiger partial charge in [-0.2, -0.15) is 5.10 Å². The number of hydrazone groups is 1. The van der Waals surface area contributed by atoms with Crippen molar-refractivity contribution >= 4 is 23.5 Å². The van der Waals surface area contributed by atoms with Crippen molar-refractivity contribution < 1.29 is 4.74 Å². The predicted octanol–water partition coefficient (Wildman–Crippen LogP) is 1.95. The summed E-state index contributed by atoms with van der Waals surface area (Å²) in [4.78, 5) is 0. The minimum atomic E-state index is 0.151. The molecule has 17 heavy (non-hydrogen) atoms. The molecule has 0 heterocycles. The van der Waals surface area contributed by atoms with Gasteiger partial charge in [-0.1, -0.05) is 0 Å². The first-order valence-electron chi connectivity index (χ1n) is 5.35. The minimum absolute atomic E-state index is 0.151. The van der Waals surface area contributed by atoms with Crippen LogP contribution in [0.2, 0.25) is 0 Å². The van der Waals surface area contributed by atoms with Crippen LogP contribution in [0.5, 0.6) is 5.75 Å². The lowest BCUT2D eigenvalue weighted by atomic mass is 10.1. The number of rotatable bonds is 4. The summed E-state index contributed by atoms with van der Waals surface area (Å²) in [5.74, 6) is 0.888. The number of hydrogen-bond acceptors (Lipinski definition) is 3. The summed E-state index contributed by atoms with van der Waals surface area (Å²) < 4.78 is 5.64. The highest BCUT2D eigenvalue weighted by molar-refractivity contribution is 7.80. The zero-order chi connectivity index (χ0) is 12.8. The van der Waals surface area contributed by atoms with Crippen LogP contribution in [0.15, 0.2) is 23.3 Å². The van der Waals surface area contributed by atoms with Gasteiger partial charge in [0.25, 0.3) is 0 Å². The van der Waals surface area contributed by atoms with Gasteiger partial charge >= 0.3 is 0 Å². The molecule has 0 aliphatic heterocycles. The van der Waals surface area contributed by atoms with Gasteiger partial charge < -0.3 is 10.5 Å². The van der Waals surface area contributed by atoms with Crippen molar-refractivity contribution in [2.24, 2.45) is 10.8 Å². The van der Waals surface area contributed by atoms with Crippen LogP contribution >= 0.6 is 12.2 Å². The van der Waals surface area contributed by atoms with Crippen LogP contribution in [0.3, 0.4) is 0 Å². The second kappa shape index (κ2) is 6.20. The first-order valence-corrected chi connectivity index (χ1v) is 5.75. The Hall–Kier alpha value is -1.62. The predicted molar refractivity (Wildman–Crippen MR) is 74.5 cm³/mol. The van der Waals surface area contributed by atoms with Crippen LogP contribution in [0.4, 0.5) is 0 Å². The first kappa shape index (κ1) is 13.4. The summed E-state index contributed by atoms with van der Waals surface area (Å²) in [7, 11) is 0. The molecule has 0 aliphatic carbocycles. The molecule has 0 radical (unpaired) electrons. The SMILES string of the molecule is Cc1cc(C=NNC(N)=S)ccc1OC(C)C. The molecule has 0 fully saturated rings. The van der Waals surface area contributed by atoms with Crippen LogP contribution < -0.4 is 15.9 Å². The van der Waals surface area contributed by atoms with E-state index in [1.165, 1.54) is 0 Å². The molecule has 0 atom stereocenters. The van der Waals surface area contributed by atoms with E-state index < -0.39 is 0 Å². The summed E-state index contributed by atoms with van der Waals surface area (Å²) in [5, 5.41) is 4.04. The van der Waals surface area contributed by atoms with E-state index >= 15 is 0 Å². The van der Waals surface area contributed by atoms with Crippen LogP contribution in [0.1, 0.15) is 25.0 Å². The second-order valence-corrected chi connectivity index (χ2v) is 4.37. The van der Waals surface area contributed by atoms with E-state index in [1.54, 1.807) is 6.21 Å². The van der Waals surface area contributed by atoms with E-state index in [4.69, 9.17) is 10.5 Å². The normalized spacial score (nSPS) is 10.8. The lowest BCUT2D eigenvalue weighted by Gasteiger charge is -2.12. The van der Waals surface area contributed by atoms with E-state index in [1.807, 2.05) is 39.0 Å². The maximum absolute atomic E-state index is 5.64. The van der Waals surface area contributed by atoms with Crippen molar-refractivity contribution in [2.45, 2.75) is 26.9 Å². The summed E-state index contributed by atoms with van der Waals surface area (Å²) >= 11 is 4.64. The topological polar surface area (TPSA) is 59.6 Å². The Balaban J connectivity index is 2.74. The Morgan fingerprint density at radius 2 is 2.24 bits per heavy atom. The molecule has 0 aliphatic rings. The zero-order valence-corrected chi connectivity index (χ0v) is 11.0. The van der Waals surface area contributed by atoms with Crippen molar-refractivity contribution in [2.75, 3.05) is 0 Å². The summed E-state index contributed by atoms with van der Waals surface area (Å²) in [6, 6.07) is 5.84. The third-order valence-corrected chi connectivity index (χ3v) is 2.04. The minimum Gasteiger partial charge on any atom is -0.491 e. The number of nitrogens with two attached hydrogens (primary N) is 1. The lowest BCUT2D eigenvalue weighted by molar-refractivity contribution is 0.241. The average molecular weight is 251 g/mol. The van der Waals surface area contributed by atoms with Crippen LogP contribution in [0.25, 0.3) is 0 Å². The lowest BCUT2D eigenvalue weighted by Crippen LogP contribution is -2.23. The fourth-order valence-corrected chi connectivity index (χ4v) is 1.36. The molecule has 4 nitrogen and oxygen atoms in total. The molecule has 3 N–H and O–H groups in total. The van der Waals surface area contributed by atoms with Gasteiger partial charge in [-0.05, 0) is 62.3 Å². The highest BCUT2D eigenvalue weighted by atomic mass is 32.1. The summed E-state index contributed by atoms with van der Waals surface area (Å²) in [6.45, 7) is 6.00. The summed E-state index contributed by atoms with van der Waals surface area (Å²) in [5.41, 5.74) is 9.79. The van der Waals surface area contributed by atoms with Gasteiger partial charge in [0.1, 0.15) is 5.75 Å². The van der Waals surface area contributed by atoms with E-state index in [0.717, 1.165) is 16.9 Å². The van der Waals surface area contributed by atoms with Gasteiger partial charge in [-0.15, -0.1) is 0 Å². The van der Waals surface area contributed by atoms with Gasteiger partial charge in [0, 0.05) is 0 Å². The Labute approximate surface area is 107 Å². The van der Waals surface area contributed by atoms with Crippen molar-refractivity contribution in [1.29, 1.82) is 0 Å². The summed E-state index contributed by atoms with van der Waals surface area (Å²) in [6.07, 6.45) is 1.83. The maximum Gasteiger partial charge on any atom is 0.184 e. The molecular formula is C12H17N3OS. The van der Waals surface area contributed by atoms with Crippen molar-refractivity contribution in [3.8, 4) is 5.75 Å².